The third-order valence-electron chi connectivity index (χ3n) is 2.67. The highest BCUT2D eigenvalue weighted by molar-refractivity contribution is 5.69. The zero-order chi connectivity index (χ0) is 17.3. The highest BCUT2D eigenvalue weighted by Gasteiger charge is 2.18. The maximum Gasteiger partial charge on any atom is 0.410 e. The molecular weight excluding hydrogens is 298 g/mol. The zero-order valence-electron chi connectivity index (χ0n) is 14.2. The van der Waals surface area contributed by atoms with Crippen LogP contribution in [0.3, 0.4) is 0 Å². The fourth-order valence-corrected chi connectivity index (χ4v) is 1.77. The van der Waals surface area contributed by atoms with Crippen LogP contribution in [0.5, 0.6) is 0 Å². The van der Waals surface area contributed by atoms with Gasteiger partial charge < -0.3 is 19.7 Å². The lowest BCUT2D eigenvalue weighted by Gasteiger charge is -2.23. The van der Waals surface area contributed by atoms with Gasteiger partial charge in [0.05, 0.1) is 13.2 Å². The largest absolute Gasteiger partial charge is 0.450 e. The molecule has 2 amide bonds. The second-order valence-electron chi connectivity index (χ2n) is 5.91. The Labute approximate surface area is 137 Å². The monoisotopic (exact) mass is 323 g/mol. The summed E-state index contributed by atoms with van der Waals surface area (Å²) in [5.41, 5.74) is 0.332. The van der Waals surface area contributed by atoms with Crippen LogP contribution < -0.4 is 5.32 Å². The van der Waals surface area contributed by atoms with Crippen LogP contribution in [0.1, 0.15) is 33.3 Å². The Hall–Kier alpha value is -2.31. The van der Waals surface area contributed by atoms with E-state index >= 15 is 0 Å². The number of aromatic nitrogens is 1. The minimum atomic E-state index is -0.555. The molecule has 1 rings (SSSR count). The molecule has 128 valence electrons. The summed E-state index contributed by atoms with van der Waals surface area (Å²) in [6.45, 7) is 8.37. The Morgan fingerprint density at radius 2 is 2.09 bits per heavy atom. The third kappa shape index (κ3) is 8.04. The summed E-state index contributed by atoms with van der Waals surface area (Å²) < 4.78 is 10.2. The first kappa shape index (κ1) is 18.7. The third-order valence-corrected chi connectivity index (χ3v) is 2.67. The Morgan fingerprint density at radius 1 is 1.35 bits per heavy atom. The lowest BCUT2D eigenvalue weighted by molar-refractivity contribution is 0.0516. The number of hydrogen-bond acceptors (Lipinski definition) is 5. The Morgan fingerprint density at radius 3 is 2.65 bits per heavy atom. The smallest absolute Gasteiger partial charge is 0.410 e. The van der Waals surface area contributed by atoms with E-state index in [0.29, 0.717) is 19.7 Å². The summed E-state index contributed by atoms with van der Waals surface area (Å²) in [4.78, 5) is 29.1. The summed E-state index contributed by atoms with van der Waals surface area (Å²) in [5.74, 6) is 0. The van der Waals surface area contributed by atoms with Crippen LogP contribution in [0, 0.1) is 0 Å². The van der Waals surface area contributed by atoms with E-state index in [2.05, 4.69) is 10.3 Å². The van der Waals surface area contributed by atoms with Crippen molar-refractivity contribution in [2.45, 2.75) is 39.8 Å². The number of carbonyl (C=O) groups is 2. The van der Waals surface area contributed by atoms with Gasteiger partial charge in [-0.15, -0.1) is 0 Å². The van der Waals surface area contributed by atoms with E-state index in [1.54, 1.807) is 46.2 Å². The molecule has 0 aliphatic carbocycles. The molecule has 0 radical (unpaired) electrons. The summed E-state index contributed by atoms with van der Waals surface area (Å²) >= 11 is 0. The van der Waals surface area contributed by atoms with Crippen LogP contribution >= 0.6 is 0 Å². The predicted molar refractivity (Wildman–Crippen MR) is 85.9 cm³/mol. The van der Waals surface area contributed by atoms with Gasteiger partial charge in [-0.25, -0.2) is 9.59 Å². The summed E-state index contributed by atoms with van der Waals surface area (Å²) in [6, 6.07) is 3.68. The maximum atomic E-state index is 12.0. The van der Waals surface area contributed by atoms with Crippen molar-refractivity contribution in [2.24, 2.45) is 0 Å². The Kier molecular flexibility index (Phi) is 7.31. The second kappa shape index (κ2) is 8.97. The van der Waals surface area contributed by atoms with Crippen LogP contribution in [0.15, 0.2) is 24.5 Å². The number of hydrogen-bond donors (Lipinski definition) is 1. The average Bonchev–Trinajstić information content (AvgIpc) is 2.45. The van der Waals surface area contributed by atoms with Gasteiger partial charge in [0.2, 0.25) is 0 Å². The minimum Gasteiger partial charge on any atom is -0.450 e. The molecule has 0 saturated carbocycles. The van der Waals surface area contributed by atoms with Crippen LogP contribution in [-0.4, -0.2) is 47.4 Å². The van der Waals surface area contributed by atoms with Crippen molar-refractivity contribution in [2.75, 3.05) is 19.7 Å². The summed E-state index contributed by atoms with van der Waals surface area (Å²) in [5, 5.41) is 2.63. The standard InChI is InChI=1S/C16H25N3O4/c1-5-22-15(21)19(12-13-7-6-8-17-11-13)10-9-18-14(20)23-16(2,3)4/h6-8,11H,5,9-10,12H2,1-4H3,(H,18,20). The number of carbonyl (C=O) groups excluding carboxylic acids is 2. The van der Waals surface area contributed by atoms with Gasteiger partial charge in [-0.1, -0.05) is 6.07 Å². The van der Waals surface area contributed by atoms with Gasteiger partial charge in [-0.05, 0) is 39.3 Å². The number of nitrogens with one attached hydrogen (secondary N) is 1. The fraction of sp³-hybridized carbons (Fsp3) is 0.562. The first-order valence-electron chi connectivity index (χ1n) is 7.59. The predicted octanol–water partition coefficient (Wildman–Crippen LogP) is 2.56. The molecule has 0 spiro atoms. The zero-order valence-corrected chi connectivity index (χ0v) is 14.2. The average molecular weight is 323 g/mol. The van der Waals surface area contributed by atoms with E-state index < -0.39 is 17.8 Å². The van der Waals surface area contributed by atoms with Crippen molar-refractivity contribution in [1.82, 2.24) is 15.2 Å². The van der Waals surface area contributed by atoms with E-state index in [1.807, 2.05) is 6.07 Å². The molecule has 0 fully saturated rings. The van der Waals surface area contributed by atoms with Gasteiger partial charge in [0.15, 0.2) is 0 Å². The van der Waals surface area contributed by atoms with Crippen molar-refractivity contribution in [1.29, 1.82) is 0 Å². The molecule has 1 N–H and O–H groups in total. The molecule has 7 heteroatoms. The van der Waals surface area contributed by atoms with Gasteiger partial charge in [0, 0.05) is 25.5 Å². The highest BCUT2D eigenvalue weighted by Crippen LogP contribution is 2.07. The fourth-order valence-electron chi connectivity index (χ4n) is 1.77. The number of nitrogens with zero attached hydrogens (tertiary/aromatic N) is 2. The number of alkyl carbamates (subject to hydrolysis) is 1. The molecule has 23 heavy (non-hydrogen) atoms. The molecule has 0 aromatic carbocycles. The van der Waals surface area contributed by atoms with Crippen LogP contribution in [0.2, 0.25) is 0 Å². The Balaban J connectivity index is 2.53. The van der Waals surface area contributed by atoms with Crippen molar-refractivity contribution in [3.8, 4) is 0 Å². The van der Waals surface area contributed by atoms with Gasteiger partial charge in [0.25, 0.3) is 0 Å². The first-order valence-corrected chi connectivity index (χ1v) is 7.59. The van der Waals surface area contributed by atoms with E-state index in [0.717, 1.165) is 5.56 Å². The second-order valence-corrected chi connectivity index (χ2v) is 5.91. The van der Waals surface area contributed by atoms with Crippen LogP contribution in [-0.2, 0) is 16.0 Å². The molecule has 7 nitrogen and oxygen atoms in total. The van der Waals surface area contributed by atoms with Crippen LogP contribution in [0.4, 0.5) is 9.59 Å². The molecule has 1 aromatic rings. The van der Waals surface area contributed by atoms with Crippen molar-refractivity contribution in [3.05, 3.63) is 30.1 Å². The topological polar surface area (TPSA) is 80.8 Å². The number of amides is 2. The van der Waals surface area contributed by atoms with E-state index in [1.165, 1.54) is 4.90 Å². The van der Waals surface area contributed by atoms with Gasteiger partial charge in [-0.2, -0.15) is 0 Å². The Bertz CT molecular complexity index is 500. The van der Waals surface area contributed by atoms with Gasteiger partial charge in [-0.3, -0.25) is 4.98 Å². The number of ether oxygens (including phenoxy) is 2. The van der Waals surface area contributed by atoms with E-state index in [4.69, 9.17) is 9.47 Å². The molecule has 0 aliphatic rings. The van der Waals surface area contributed by atoms with Gasteiger partial charge >= 0.3 is 12.2 Å². The first-order chi connectivity index (χ1) is 10.8. The lowest BCUT2D eigenvalue weighted by Crippen LogP contribution is -2.40. The summed E-state index contributed by atoms with van der Waals surface area (Å²) in [7, 11) is 0. The number of pyridine rings is 1. The molecule has 0 bridgehead atoms. The van der Waals surface area contributed by atoms with Crippen molar-refractivity contribution < 1.29 is 19.1 Å². The molecule has 0 atom stereocenters. The lowest BCUT2D eigenvalue weighted by atomic mass is 10.2. The SMILES string of the molecule is CCOC(=O)N(CCNC(=O)OC(C)(C)C)Cc1cccnc1. The molecule has 0 aliphatic heterocycles. The maximum absolute atomic E-state index is 12.0. The van der Waals surface area contributed by atoms with Crippen molar-refractivity contribution in [3.63, 3.8) is 0 Å². The molecule has 1 aromatic heterocycles. The van der Waals surface area contributed by atoms with E-state index in [9.17, 15) is 9.59 Å². The van der Waals surface area contributed by atoms with Crippen LogP contribution in [0.25, 0.3) is 0 Å². The van der Waals surface area contributed by atoms with Crippen molar-refractivity contribution >= 4 is 12.2 Å². The molecule has 0 saturated heterocycles. The molecule has 1 heterocycles. The van der Waals surface area contributed by atoms with E-state index in [-0.39, 0.29) is 6.54 Å². The highest BCUT2D eigenvalue weighted by atomic mass is 16.6. The number of rotatable bonds is 6. The summed E-state index contributed by atoms with van der Waals surface area (Å²) in [6.07, 6.45) is 2.42. The molecule has 0 unspecified atom stereocenters. The quantitative estimate of drug-likeness (QED) is 0.870. The normalized spacial score (nSPS) is 10.8. The molecular formula is C16H25N3O4. The minimum absolute atomic E-state index is 0.272. The van der Waals surface area contributed by atoms with Gasteiger partial charge in [0.1, 0.15) is 5.60 Å².